The molecule has 3 rings (SSSR count). The molecule has 34 heavy (non-hydrogen) atoms. The Hall–Kier alpha value is -3.55. The molecule has 0 N–H and O–H groups in total. The zero-order valence-electron chi connectivity index (χ0n) is 19.8. The standard InChI is InChI=1S/C26H32N2O6/c1-3-32-26(31)34-23-13-9-21(10-14-23)25(30)28-16-5-15-27(17-18-28)24(29)6-4-19-33-22-11-7-20(2)8-12-22/h7-14H,3-6,15-19H2,1-2H3. The van der Waals surface area contributed by atoms with Crippen molar-refractivity contribution in [3.63, 3.8) is 0 Å². The maximum Gasteiger partial charge on any atom is 0.513 e. The maximum atomic E-state index is 12.9. The highest BCUT2D eigenvalue weighted by atomic mass is 16.7. The summed E-state index contributed by atoms with van der Waals surface area (Å²) in [5.74, 6) is 1.10. The van der Waals surface area contributed by atoms with Crippen molar-refractivity contribution in [2.24, 2.45) is 0 Å². The molecule has 2 aromatic rings. The van der Waals surface area contributed by atoms with Gasteiger partial charge in [0.2, 0.25) is 5.91 Å². The molecule has 0 radical (unpaired) electrons. The highest BCUT2D eigenvalue weighted by Crippen LogP contribution is 2.16. The van der Waals surface area contributed by atoms with Crippen LogP contribution in [0.1, 0.15) is 42.1 Å². The lowest BCUT2D eigenvalue weighted by Crippen LogP contribution is -2.37. The fourth-order valence-electron chi connectivity index (χ4n) is 3.67. The summed E-state index contributed by atoms with van der Waals surface area (Å²) in [7, 11) is 0. The summed E-state index contributed by atoms with van der Waals surface area (Å²) in [6.07, 6.45) is 1.01. The summed E-state index contributed by atoms with van der Waals surface area (Å²) in [5, 5.41) is 0. The van der Waals surface area contributed by atoms with E-state index < -0.39 is 6.16 Å². The molecule has 0 unspecified atom stereocenters. The van der Waals surface area contributed by atoms with Crippen molar-refractivity contribution in [1.29, 1.82) is 0 Å². The Morgan fingerprint density at radius 2 is 1.50 bits per heavy atom. The first-order chi connectivity index (χ1) is 16.5. The summed E-state index contributed by atoms with van der Waals surface area (Å²) in [6.45, 7) is 6.64. The van der Waals surface area contributed by atoms with Crippen LogP contribution < -0.4 is 9.47 Å². The summed E-state index contributed by atoms with van der Waals surface area (Å²) < 4.78 is 15.5. The van der Waals surface area contributed by atoms with E-state index in [9.17, 15) is 14.4 Å². The van der Waals surface area contributed by atoms with E-state index in [1.165, 1.54) is 5.56 Å². The Labute approximate surface area is 200 Å². The minimum Gasteiger partial charge on any atom is -0.494 e. The molecule has 1 heterocycles. The number of hydrogen-bond acceptors (Lipinski definition) is 6. The van der Waals surface area contributed by atoms with E-state index in [-0.39, 0.29) is 18.4 Å². The van der Waals surface area contributed by atoms with Crippen LogP contribution in [0.4, 0.5) is 4.79 Å². The average molecular weight is 469 g/mol. The summed E-state index contributed by atoms with van der Waals surface area (Å²) >= 11 is 0. The van der Waals surface area contributed by atoms with E-state index in [1.54, 1.807) is 36.1 Å². The lowest BCUT2D eigenvalue weighted by molar-refractivity contribution is -0.131. The van der Waals surface area contributed by atoms with E-state index in [0.717, 1.165) is 12.2 Å². The van der Waals surface area contributed by atoms with Crippen molar-refractivity contribution in [3.8, 4) is 11.5 Å². The molecule has 8 heteroatoms. The van der Waals surface area contributed by atoms with Gasteiger partial charge in [-0.15, -0.1) is 0 Å². The SMILES string of the molecule is CCOC(=O)Oc1ccc(C(=O)N2CCCN(C(=O)CCCOc3ccc(C)cc3)CC2)cc1. The van der Waals surface area contributed by atoms with Crippen molar-refractivity contribution in [3.05, 3.63) is 59.7 Å². The van der Waals surface area contributed by atoms with Crippen LogP contribution in [0.2, 0.25) is 0 Å². The van der Waals surface area contributed by atoms with Crippen LogP contribution in [-0.2, 0) is 9.53 Å². The quantitative estimate of drug-likeness (QED) is 0.330. The zero-order valence-corrected chi connectivity index (χ0v) is 19.8. The second-order valence-corrected chi connectivity index (χ2v) is 8.10. The Morgan fingerprint density at radius 1 is 0.853 bits per heavy atom. The summed E-state index contributed by atoms with van der Waals surface area (Å²) in [5.41, 5.74) is 1.68. The molecule has 0 spiro atoms. The second-order valence-electron chi connectivity index (χ2n) is 8.10. The zero-order chi connectivity index (χ0) is 24.3. The van der Waals surface area contributed by atoms with Crippen molar-refractivity contribution in [2.75, 3.05) is 39.4 Å². The average Bonchev–Trinajstić information content (AvgIpc) is 3.09. The highest BCUT2D eigenvalue weighted by Gasteiger charge is 2.22. The van der Waals surface area contributed by atoms with E-state index in [1.807, 2.05) is 36.1 Å². The van der Waals surface area contributed by atoms with Crippen LogP contribution in [0.25, 0.3) is 0 Å². The van der Waals surface area contributed by atoms with E-state index >= 15 is 0 Å². The van der Waals surface area contributed by atoms with Gasteiger partial charge < -0.3 is 24.0 Å². The molecule has 2 aromatic carbocycles. The molecule has 8 nitrogen and oxygen atoms in total. The van der Waals surface area contributed by atoms with Gasteiger partial charge >= 0.3 is 6.16 Å². The van der Waals surface area contributed by atoms with Crippen LogP contribution in [0, 0.1) is 6.92 Å². The number of carbonyl (C=O) groups is 3. The maximum absolute atomic E-state index is 12.9. The van der Waals surface area contributed by atoms with Gasteiger partial charge in [-0.3, -0.25) is 9.59 Å². The lowest BCUT2D eigenvalue weighted by atomic mass is 10.2. The molecule has 0 saturated carbocycles. The molecule has 1 fully saturated rings. The van der Waals surface area contributed by atoms with Crippen molar-refractivity contribution < 1.29 is 28.6 Å². The van der Waals surface area contributed by atoms with Crippen molar-refractivity contribution in [1.82, 2.24) is 9.80 Å². The van der Waals surface area contributed by atoms with Crippen LogP contribution >= 0.6 is 0 Å². The van der Waals surface area contributed by atoms with Gasteiger partial charge in [0.1, 0.15) is 11.5 Å². The number of ether oxygens (including phenoxy) is 3. The molecular formula is C26H32N2O6. The third kappa shape index (κ3) is 7.50. The van der Waals surface area contributed by atoms with Gasteiger partial charge in [0.25, 0.3) is 5.91 Å². The Balaban J connectivity index is 1.42. The fourth-order valence-corrected chi connectivity index (χ4v) is 3.67. The fraction of sp³-hybridized carbons (Fsp3) is 0.423. The monoisotopic (exact) mass is 468 g/mol. The molecule has 0 bridgehead atoms. The first-order valence-corrected chi connectivity index (χ1v) is 11.7. The molecule has 0 aromatic heterocycles. The molecule has 1 aliphatic rings. The molecule has 1 saturated heterocycles. The summed E-state index contributed by atoms with van der Waals surface area (Å²) in [6, 6.07) is 14.2. The normalized spacial score (nSPS) is 13.7. The second kappa shape index (κ2) is 12.6. The number of rotatable bonds is 8. The molecule has 1 aliphatic heterocycles. The molecule has 2 amide bonds. The number of aryl methyl sites for hydroxylation is 1. The van der Waals surface area contributed by atoms with Gasteiger partial charge in [0, 0.05) is 38.2 Å². The van der Waals surface area contributed by atoms with E-state index in [0.29, 0.717) is 56.9 Å². The minimum atomic E-state index is -0.777. The smallest absolute Gasteiger partial charge is 0.494 e. The predicted octanol–water partition coefficient (Wildman–Crippen LogP) is 4.06. The van der Waals surface area contributed by atoms with Gasteiger partial charge in [-0.05, 0) is 63.1 Å². The number of hydrogen-bond donors (Lipinski definition) is 0. The van der Waals surface area contributed by atoms with Gasteiger partial charge in [-0.25, -0.2) is 4.79 Å². The topological polar surface area (TPSA) is 85.4 Å². The van der Waals surface area contributed by atoms with Crippen LogP contribution in [-0.4, -0.2) is 67.2 Å². The Morgan fingerprint density at radius 3 is 2.21 bits per heavy atom. The predicted molar refractivity (Wildman–Crippen MR) is 127 cm³/mol. The summed E-state index contributed by atoms with van der Waals surface area (Å²) in [4.78, 5) is 40.5. The Bertz CT molecular complexity index is 958. The van der Waals surface area contributed by atoms with Gasteiger partial charge in [-0.2, -0.15) is 0 Å². The molecule has 0 aliphatic carbocycles. The molecule has 182 valence electrons. The number of benzene rings is 2. The first kappa shape index (κ1) is 25.1. The van der Waals surface area contributed by atoms with Crippen LogP contribution in [0.15, 0.2) is 48.5 Å². The van der Waals surface area contributed by atoms with E-state index in [2.05, 4.69) is 0 Å². The minimum absolute atomic E-state index is 0.0854. The van der Waals surface area contributed by atoms with Gasteiger partial charge in [-0.1, -0.05) is 17.7 Å². The lowest BCUT2D eigenvalue weighted by Gasteiger charge is -2.22. The van der Waals surface area contributed by atoms with Crippen molar-refractivity contribution >= 4 is 18.0 Å². The Kier molecular flexibility index (Phi) is 9.31. The van der Waals surface area contributed by atoms with E-state index in [4.69, 9.17) is 14.2 Å². The highest BCUT2D eigenvalue weighted by molar-refractivity contribution is 5.94. The van der Waals surface area contributed by atoms with Crippen LogP contribution in [0.5, 0.6) is 11.5 Å². The number of nitrogens with zero attached hydrogens (tertiary/aromatic N) is 2. The van der Waals surface area contributed by atoms with Gasteiger partial charge in [0.15, 0.2) is 0 Å². The van der Waals surface area contributed by atoms with Gasteiger partial charge in [0.05, 0.1) is 13.2 Å². The third-order valence-corrected chi connectivity index (χ3v) is 5.53. The molecular weight excluding hydrogens is 436 g/mol. The first-order valence-electron chi connectivity index (χ1n) is 11.7. The van der Waals surface area contributed by atoms with Crippen molar-refractivity contribution in [2.45, 2.75) is 33.1 Å². The third-order valence-electron chi connectivity index (χ3n) is 5.53. The number of carbonyl (C=O) groups excluding carboxylic acids is 3. The van der Waals surface area contributed by atoms with Crippen LogP contribution in [0.3, 0.4) is 0 Å². The largest absolute Gasteiger partial charge is 0.513 e. The number of amides is 2. The molecule has 0 atom stereocenters.